The van der Waals surface area contributed by atoms with E-state index in [9.17, 15) is 14.5 Å². The van der Waals surface area contributed by atoms with Crippen molar-refractivity contribution >= 4 is 11.4 Å². The molecule has 6 heteroatoms. The van der Waals surface area contributed by atoms with Crippen LogP contribution in [0.25, 0.3) is 0 Å². The Morgan fingerprint density at radius 3 is 2.79 bits per heavy atom. The first-order valence-electron chi connectivity index (χ1n) is 6.43. The number of para-hydroxylation sites is 1. The Labute approximate surface area is 111 Å². The Kier molecular flexibility index (Phi) is 4.31. The number of anilines is 1. The molecule has 1 aliphatic heterocycles. The number of piperidine rings is 1. The van der Waals surface area contributed by atoms with Gasteiger partial charge in [-0.3, -0.25) is 10.1 Å². The second-order valence-electron chi connectivity index (χ2n) is 5.02. The summed E-state index contributed by atoms with van der Waals surface area (Å²) in [6, 6.07) is 4.15. The molecular weight excluding hydrogens is 249 g/mol. The number of likely N-dealkylation sites (tertiary alicyclic amines) is 1. The van der Waals surface area contributed by atoms with E-state index in [0.29, 0.717) is 12.5 Å². The largest absolute Gasteiger partial charge is 0.379 e. The lowest BCUT2D eigenvalue weighted by molar-refractivity contribution is -0.386. The first-order chi connectivity index (χ1) is 9.08. The smallest absolute Gasteiger partial charge is 0.327 e. The Morgan fingerprint density at radius 2 is 2.16 bits per heavy atom. The molecule has 0 radical (unpaired) electrons. The first-order valence-corrected chi connectivity index (χ1v) is 6.43. The van der Waals surface area contributed by atoms with E-state index in [0.717, 1.165) is 32.0 Å². The summed E-state index contributed by atoms with van der Waals surface area (Å²) in [7, 11) is 2.08. The number of halogens is 1. The van der Waals surface area contributed by atoms with Gasteiger partial charge in [0.25, 0.3) is 0 Å². The van der Waals surface area contributed by atoms with Gasteiger partial charge in [-0.1, -0.05) is 6.07 Å². The van der Waals surface area contributed by atoms with Crippen molar-refractivity contribution in [2.45, 2.75) is 12.8 Å². The third kappa shape index (κ3) is 3.41. The fourth-order valence-corrected chi connectivity index (χ4v) is 2.36. The number of nitrogens with one attached hydrogen (secondary N) is 1. The minimum atomic E-state index is -0.793. The third-order valence-electron chi connectivity index (χ3n) is 3.59. The average Bonchev–Trinajstić information content (AvgIpc) is 2.37. The van der Waals surface area contributed by atoms with Gasteiger partial charge in [0.15, 0.2) is 0 Å². The van der Waals surface area contributed by atoms with Gasteiger partial charge in [-0.15, -0.1) is 0 Å². The standard InChI is InChI=1S/C13H18FN3O2/c1-16-7-5-10(6-8-16)9-15-12-4-2-3-11(14)13(12)17(18)19/h2-4,10,15H,5-9H2,1H3. The van der Waals surface area contributed by atoms with Crippen LogP contribution in [0.5, 0.6) is 0 Å². The first kappa shape index (κ1) is 13.7. The summed E-state index contributed by atoms with van der Waals surface area (Å²) in [6.07, 6.45) is 2.12. The Hall–Kier alpha value is -1.69. The predicted molar refractivity (Wildman–Crippen MR) is 71.8 cm³/mol. The molecule has 1 heterocycles. The van der Waals surface area contributed by atoms with Crippen molar-refractivity contribution < 1.29 is 9.31 Å². The van der Waals surface area contributed by atoms with Gasteiger partial charge in [0, 0.05) is 6.54 Å². The highest BCUT2D eigenvalue weighted by Crippen LogP contribution is 2.28. The highest BCUT2D eigenvalue weighted by Gasteiger charge is 2.21. The van der Waals surface area contributed by atoms with Crippen LogP contribution in [-0.2, 0) is 0 Å². The van der Waals surface area contributed by atoms with Crippen LogP contribution < -0.4 is 5.32 Å². The number of rotatable bonds is 4. The molecule has 0 atom stereocenters. The molecule has 1 aromatic rings. The van der Waals surface area contributed by atoms with Crippen LogP contribution in [0.4, 0.5) is 15.8 Å². The quantitative estimate of drug-likeness (QED) is 0.672. The van der Waals surface area contributed by atoms with Gasteiger partial charge in [-0.2, -0.15) is 4.39 Å². The number of hydrogen-bond acceptors (Lipinski definition) is 4. The molecule has 1 N–H and O–H groups in total. The molecule has 1 fully saturated rings. The van der Waals surface area contributed by atoms with Crippen molar-refractivity contribution in [3.8, 4) is 0 Å². The molecular formula is C13H18FN3O2. The summed E-state index contributed by atoms with van der Waals surface area (Å²) in [6.45, 7) is 2.73. The molecule has 0 aliphatic carbocycles. The van der Waals surface area contributed by atoms with Crippen LogP contribution in [-0.4, -0.2) is 36.5 Å². The molecule has 0 amide bonds. The molecule has 0 unspecified atom stereocenters. The van der Waals surface area contributed by atoms with Crippen molar-refractivity contribution in [1.29, 1.82) is 0 Å². The van der Waals surface area contributed by atoms with E-state index in [4.69, 9.17) is 0 Å². The van der Waals surface area contributed by atoms with Crippen molar-refractivity contribution in [2.24, 2.45) is 5.92 Å². The minimum absolute atomic E-state index is 0.268. The van der Waals surface area contributed by atoms with Crippen molar-refractivity contribution in [3.05, 3.63) is 34.1 Å². The maximum absolute atomic E-state index is 13.4. The lowest BCUT2D eigenvalue weighted by atomic mass is 9.97. The maximum atomic E-state index is 13.4. The third-order valence-corrected chi connectivity index (χ3v) is 3.59. The SMILES string of the molecule is CN1CCC(CNc2cccc(F)c2[N+](=O)[O-])CC1. The minimum Gasteiger partial charge on any atom is -0.379 e. The van der Waals surface area contributed by atoms with E-state index in [1.54, 1.807) is 6.07 Å². The van der Waals surface area contributed by atoms with Crippen LogP contribution in [0.15, 0.2) is 18.2 Å². The lowest BCUT2D eigenvalue weighted by Crippen LogP contribution is -2.33. The summed E-state index contributed by atoms with van der Waals surface area (Å²) < 4.78 is 13.4. The summed E-state index contributed by atoms with van der Waals surface area (Å²) >= 11 is 0. The predicted octanol–water partition coefficient (Wildman–Crippen LogP) is 2.49. The van der Waals surface area contributed by atoms with Gasteiger partial charge in [0.2, 0.25) is 5.82 Å². The van der Waals surface area contributed by atoms with Gasteiger partial charge in [0.1, 0.15) is 5.69 Å². The van der Waals surface area contributed by atoms with Gasteiger partial charge in [0.05, 0.1) is 4.92 Å². The van der Waals surface area contributed by atoms with E-state index in [1.807, 2.05) is 0 Å². The average molecular weight is 267 g/mol. The zero-order valence-electron chi connectivity index (χ0n) is 10.9. The maximum Gasteiger partial charge on any atom is 0.327 e. The number of hydrogen-bond donors (Lipinski definition) is 1. The van der Waals surface area contributed by atoms with E-state index < -0.39 is 16.4 Å². The van der Waals surface area contributed by atoms with Crippen LogP contribution >= 0.6 is 0 Å². The Morgan fingerprint density at radius 1 is 1.47 bits per heavy atom. The molecule has 2 rings (SSSR count). The summed E-state index contributed by atoms with van der Waals surface area (Å²) in [4.78, 5) is 12.4. The normalized spacial score (nSPS) is 17.4. The van der Waals surface area contributed by atoms with Crippen LogP contribution in [0, 0.1) is 21.8 Å². The van der Waals surface area contributed by atoms with Gasteiger partial charge < -0.3 is 10.2 Å². The molecule has 19 heavy (non-hydrogen) atoms. The monoisotopic (exact) mass is 267 g/mol. The number of nitrogens with zero attached hydrogens (tertiary/aromatic N) is 2. The second-order valence-corrected chi connectivity index (χ2v) is 5.02. The topological polar surface area (TPSA) is 58.4 Å². The molecule has 0 aromatic heterocycles. The fraction of sp³-hybridized carbons (Fsp3) is 0.538. The van der Waals surface area contributed by atoms with E-state index >= 15 is 0 Å². The molecule has 0 saturated carbocycles. The van der Waals surface area contributed by atoms with E-state index in [1.165, 1.54) is 6.07 Å². The summed E-state index contributed by atoms with van der Waals surface area (Å²) in [5.41, 5.74) is -0.195. The van der Waals surface area contributed by atoms with Crippen molar-refractivity contribution in [3.63, 3.8) is 0 Å². The highest BCUT2D eigenvalue weighted by atomic mass is 19.1. The number of benzene rings is 1. The van der Waals surface area contributed by atoms with Gasteiger partial charge in [-0.05, 0) is 51.0 Å². The Bertz CT molecular complexity index is 459. The highest BCUT2D eigenvalue weighted by molar-refractivity contribution is 5.61. The lowest BCUT2D eigenvalue weighted by Gasteiger charge is -2.29. The fourth-order valence-electron chi connectivity index (χ4n) is 2.36. The molecule has 1 saturated heterocycles. The zero-order valence-corrected chi connectivity index (χ0v) is 10.9. The van der Waals surface area contributed by atoms with Crippen molar-refractivity contribution in [1.82, 2.24) is 4.90 Å². The number of nitro groups is 1. The molecule has 104 valence electrons. The van der Waals surface area contributed by atoms with E-state index in [2.05, 4.69) is 17.3 Å². The Balaban J connectivity index is 2.00. The molecule has 0 spiro atoms. The van der Waals surface area contributed by atoms with Crippen LogP contribution in [0.1, 0.15) is 12.8 Å². The second kappa shape index (κ2) is 5.97. The summed E-state index contributed by atoms with van der Waals surface area (Å²) in [5.74, 6) is -0.308. The summed E-state index contributed by atoms with van der Waals surface area (Å²) in [5, 5.41) is 13.9. The molecule has 1 aromatic carbocycles. The molecule has 1 aliphatic rings. The molecule has 5 nitrogen and oxygen atoms in total. The van der Waals surface area contributed by atoms with Gasteiger partial charge in [-0.25, -0.2) is 0 Å². The zero-order chi connectivity index (χ0) is 13.8. The number of nitro benzene ring substituents is 1. The van der Waals surface area contributed by atoms with Gasteiger partial charge >= 0.3 is 5.69 Å². The van der Waals surface area contributed by atoms with Crippen LogP contribution in [0.3, 0.4) is 0 Å². The van der Waals surface area contributed by atoms with Crippen LogP contribution in [0.2, 0.25) is 0 Å². The van der Waals surface area contributed by atoms with Crippen molar-refractivity contribution in [2.75, 3.05) is 32.0 Å². The van der Waals surface area contributed by atoms with E-state index in [-0.39, 0.29) is 5.69 Å². The molecule has 0 bridgehead atoms.